The molecule has 10 rings (SSSR count). The monoisotopic (exact) mass is 999 g/mol. The predicted octanol–water partition coefficient (Wildman–Crippen LogP) is 18.8. The van der Waals surface area contributed by atoms with Gasteiger partial charge < -0.3 is 13.9 Å². The van der Waals surface area contributed by atoms with Gasteiger partial charge in [-0.3, -0.25) is 5.10 Å². The summed E-state index contributed by atoms with van der Waals surface area (Å²) in [6, 6.07) is 47.6. The molecule has 0 atom stereocenters. The van der Waals surface area contributed by atoms with Crippen molar-refractivity contribution in [3.05, 3.63) is 204 Å². The zero-order valence-corrected chi connectivity index (χ0v) is 47.6. The number of benzene rings is 5. The number of aromatic nitrogens is 4. The molecule has 8 heteroatoms. The molecule has 10 aromatic rings. The summed E-state index contributed by atoms with van der Waals surface area (Å²) in [5, 5.41) is 24.2. The summed E-state index contributed by atoms with van der Waals surface area (Å²) < 4.78 is 26.1. The third-order valence-electron chi connectivity index (χ3n) is 12.3. The molecule has 5 aromatic heterocycles. The number of hydrogen-bond acceptors (Lipinski definition) is 5. The van der Waals surface area contributed by atoms with Gasteiger partial charge in [-0.1, -0.05) is 203 Å². The van der Waals surface area contributed by atoms with E-state index in [1.807, 2.05) is 98.3 Å². The average molecular weight is 999 g/mol. The topological polar surface area (TPSA) is 92.5 Å². The van der Waals surface area contributed by atoms with Crippen LogP contribution in [0.15, 0.2) is 173 Å². The fourth-order valence-corrected chi connectivity index (χ4v) is 7.52. The second-order valence-corrected chi connectivity index (χ2v) is 25.1. The number of nitrogens with zero attached hydrogens (tertiary/aromatic N) is 3. The molecule has 0 bridgehead atoms. The highest BCUT2D eigenvalue weighted by Gasteiger charge is 2.20. The van der Waals surface area contributed by atoms with Crippen LogP contribution in [0.4, 0.5) is 4.39 Å². The van der Waals surface area contributed by atoms with Crippen LogP contribution in [0.5, 0.6) is 5.75 Å². The number of aromatic hydroxyl groups is 1. The maximum absolute atomic E-state index is 13.1. The first-order valence-corrected chi connectivity index (χ1v) is 25.7. The van der Waals surface area contributed by atoms with Crippen LogP contribution in [-0.2, 0) is 32.5 Å². The lowest BCUT2D eigenvalue weighted by molar-refractivity contribution is 0.430. The number of nitrogens with one attached hydrogen (secondary N) is 1. The number of phenolic OH excluding ortho intramolecular Hbond substituents is 1. The largest absolute Gasteiger partial charge is 0.508 e. The summed E-state index contributed by atoms with van der Waals surface area (Å²) in [6.07, 6.45) is 5.56. The van der Waals surface area contributed by atoms with Gasteiger partial charge in [0.1, 0.15) is 28.5 Å². The van der Waals surface area contributed by atoms with Crippen LogP contribution in [0.1, 0.15) is 158 Å². The van der Waals surface area contributed by atoms with Crippen molar-refractivity contribution in [3.63, 3.8) is 0 Å². The fraction of sp³-hybridized carbons (Fsp3) is 0.364. The molecule has 7 nitrogen and oxygen atoms in total. The third kappa shape index (κ3) is 16.8. The Morgan fingerprint density at radius 2 is 1.08 bits per heavy atom. The van der Waals surface area contributed by atoms with E-state index in [0.29, 0.717) is 5.75 Å². The molecule has 0 spiro atoms. The highest BCUT2D eigenvalue weighted by Crippen LogP contribution is 2.30. The number of H-pyrrole nitrogens is 1. The number of rotatable bonds is 0. The molecule has 0 saturated heterocycles. The molecule has 5 heterocycles. The van der Waals surface area contributed by atoms with E-state index in [1.165, 1.54) is 33.4 Å². The van der Waals surface area contributed by atoms with Gasteiger partial charge in [0, 0.05) is 33.2 Å². The van der Waals surface area contributed by atoms with E-state index < -0.39 is 0 Å². The predicted molar refractivity (Wildman–Crippen MR) is 310 cm³/mol. The first kappa shape index (κ1) is 58.0. The van der Waals surface area contributed by atoms with Gasteiger partial charge in [-0.05, 0) is 111 Å². The number of fused-ring (bicyclic) bond motifs is 4. The van der Waals surface area contributed by atoms with Crippen molar-refractivity contribution in [1.29, 1.82) is 0 Å². The molecule has 0 aliphatic heterocycles. The maximum Gasteiger partial charge on any atom is 0.134 e. The van der Waals surface area contributed by atoms with Crippen LogP contribution in [-0.4, -0.2) is 24.9 Å². The van der Waals surface area contributed by atoms with Crippen molar-refractivity contribution in [2.24, 2.45) is 0 Å². The Hall–Kier alpha value is -6.93. The molecule has 2 N–H and O–H groups in total. The standard InChI is InChI=1S/2C12H14O.2C11H14N2.C10H13F.C10H14O/c1-12(2,3)10-5-4-9-6-7-13-11(9)8-10;1-12(2,3)11-8-9-6-4-5-7-10(9)13-11;1-11(2,3)9-5-4-8-7-12-13-10(8)6-9;1-11(2,3)10-8-9-6-4-5-7-13(9)12-10;1-10(2,3)8-6-4-5-7-9(8)11;1-10(2,3)8-5-4-6-9(11)7-8/h2*4-8H,1-3H3;4-7H,1-3H3,(H,12,13);4-8H,1-3H3;4-7H,1-3H3;4-7,11H,1-3H3. The average Bonchev–Trinajstić information content (AvgIpc) is 4.15. The lowest BCUT2D eigenvalue weighted by Gasteiger charge is -2.19. The zero-order chi connectivity index (χ0) is 54.9. The van der Waals surface area contributed by atoms with E-state index in [9.17, 15) is 9.50 Å². The van der Waals surface area contributed by atoms with E-state index in [2.05, 4.69) is 180 Å². The molecule has 0 saturated carbocycles. The number of furan rings is 2. The lowest BCUT2D eigenvalue weighted by atomic mass is 9.87. The normalized spacial score (nSPS) is 12.0. The van der Waals surface area contributed by atoms with Crippen LogP contribution < -0.4 is 0 Å². The van der Waals surface area contributed by atoms with Crippen LogP contribution in [0.25, 0.3) is 38.4 Å². The first-order valence-electron chi connectivity index (χ1n) is 25.7. The van der Waals surface area contributed by atoms with Gasteiger partial charge in [-0.25, -0.2) is 8.91 Å². The summed E-state index contributed by atoms with van der Waals surface area (Å²) in [4.78, 5) is 0. The number of phenols is 1. The molecule has 0 amide bonds. The Morgan fingerprint density at radius 1 is 0.486 bits per heavy atom. The van der Waals surface area contributed by atoms with Gasteiger partial charge in [-0.15, -0.1) is 0 Å². The van der Waals surface area contributed by atoms with E-state index in [4.69, 9.17) is 8.83 Å². The van der Waals surface area contributed by atoms with E-state index in [-0.39, 0.29) is 38.3 Å². The summed E-state index contributed by atoms with van der Waals surface area (Å²) in [5.74, 6) is 1.28. The van der Waals surface area contributed by atoms with Gasteiger partial charge >= 0.3 is 0 Å². The van der Waals surface area contributed by atoms with Gasteiger partial charge in [0.2, 0.25) is 0 Å². The summed E-state index contributed by atoms with van der Waals surface area (Å²) in [7, 11) is 0. The van der Waals surface area contributed by atoms with Crippen molar-refractivity contribution < 1.29 is 18.3 Å². The number of para-hydroxylation sites is 1. The quantitative estimate of drug-likeness (QED) is 0.158. The molecule has 0 aliphatic carbocycles. The highest BCUT2D eigenvalue weighted by atomic mass is 19.1. The van der Waals surface area contributed by atoms with Crippen LogP contribution in [0.3, 0.4) is 0 Å². The van der Waals surface area contributed by atoms with Crippen molar-refractivity contribution in [1.82, 2.24) is 19.8 Å². The molecular formula is C66H83FN4O3. The van der Waals surface area contributed by atoms with Crippen LogP contribution >= 0.6 is 0 Å². The Labute approximate surface area is 441 Å². The molecule has 74 heavy (non-hydrogen) atoms. The van der Waals surface area contributed by atoms with Gasteiger partial charge in [0.25, 0.3) is 0 Å². The lowest BCUT2D eigenvalue weighted by Crippen LogP contribution is -2.12. The first-order chi connectivity index (χ1) is 34.3. The summed E-state index contributed by atoms with van der Waals surface area (Å²) in [5.41, 5.74) is 10.6. The molecule has 0 aliphatic rings. The van der Waals surface area contributed by atoms with E-state index in [1.54, 1.807) is 24.5 Å². The third-order valence-corrected chi connectivity index (χ3v) is 12.3. The highest BCUT2D eigenvalue weighted by molar-refractivity contribution is 5.79. The van der Waals surface area contributed by atoms with Gasteiger partial charge in [0.05, 0.1) is 29.2 Å². The van der Waals surface area contributed by atoms with Crippen molar-refractivity contribution in [3.8, 4) is 5.75 Å². The molecular weight excluding hydrogens is 916 g/mol. The number of aromatic amines is 1. The minimum Gasteiger partial charge on any atom is -0.508 e. The molecule has 5 aromatic carbocycles. The van der Waals surface area contributed by atoms with Crippen molar-refractivity contribution in [2.45, 2.75) is 157 Å². The van der Waals surface area contributed by atoms with Crippen molar-refractivity contribution in [2.75, 3.05) is 0 Å². The molecule has 392 valence electrons. The van der Waals surface area contributed by atoms with Gasteiger partial charge in [0.15, 0.2) is 0 Å². The Kier molecular flexibility index (Phi) is 18.4. The fourth-order valence-electron chi connectivity index (χ4n) is 7.52. The second kappa shape index (κ2) is 23.5. The van der Waals surface area contributed by atoms with Crippen molar-refractivity contribution >= 4 is 38.4 Å². The second-order valence-electron chi connectivity index (χ2n) is 25.1. The van der Waals surface area contributed by atoms with Crippen LogP contribution in [0.2, 0.25) is 0 Å². The van der Waals surface area contributed by atoms with Gasteiger partial charge in [-0.2, -0.15) is 10.2 Å². The van der Waals surface area contributed by atoms with E-state index >= 15 is 0 Å². The smallest absolute Gasteiger partial charge is 0.134 e. The summed E-state index contributed by atoms with van der Waals surface area (Å²) in [6.45, 7) is 38.6. The molecule has 0 fully saturated rings. The minimum absolute atomic E-state index is 0.0919. The Balaban J connectivity index is 0.000000165. The summed E-state index contributed by atoms with van der Waals surface area (Å²) >= 11 is 0. The SMILES string of the molecule is CC(C)(C)c1cc2ccccc2o1.CC(C)(C)c1cc2ccccn2n1.CC(C)(C)c1ccc2ccoc2c1.CC(C)(C)c1ccc2cn[nH]c2c1.CC(C)(C)c1cccc(O)c1.CC(C)(C)c1ccccc1F. The number of hydrogen-bond donors (Lipinski definition) is 2. The van der Waals surface area contributed by atoms with E-state index in [0.717, 1.165) is 44.8 Å². The maximum atomic E-state index is 13.1. The molecule has 0 radical (unpaired) electrons. The van der Waals surface area contributed by atoms with Crippen LogP contribution in [0, 0.1) is 5.82 Å². The zero-order valence-electron chi connectivity index (χ0n) is 47.6. The Morgan fingerprint density at radius 3 is 1.64 bits per heavy atom. The number of halogens is 1. The number of pyridine rings is 1. The minimum atomic E-state index is -0.111. The Bertz CT molecular complexity index is 3070. The molecule has 0 unspecified atom stereocenters.